The van der Waals surface area contributed by atoms with Crippen molar-refractivity contribution in [2.45, 2.75) is 23.0 Å². The maximum absolute atomic E-state index is 13.8. The minimum Gasteiger partial charge on any atom is -1.00 e. The van der Waals surface area contributed by atoms with E-state index in [1.165, 1.54) is 6.07 Å². The Morgan fingerprint density at radius 3 is 1.26 bits per heavy atom. The number of thiol groups is 1. The average molecular weight is 755 g/mol. The summed E-state index contributed by atoms with van der Waals surface area (Å²) < 4.78 is 135. The number of hydrogen-bond acceptors (Lipinski definition) is 3. The van der Waals surface area contributed by atoms with Crippen LogP contribution >= 0.6 is 68.0 Å². The molecule has 0 aliphatic heterocycles. The van der Waals surface area contributed by atoms with E-state index in [-0.39, 0.29) is 59.4 Å². The maximum atomic E-state index is 13.8. The second kappa shape index (κ2) is 19.1. The number of benzene rings is 3. The molecule has 0 nitrogen and oxygen atoms in total. The molecule has 38 heavy (non-hydrogen) atoms. The van der Waals surface area contributed by atoms with Crippen LogP contribution < -0.4 is 29.6 Å². The molecule has 0 saturated heterocycles. The topological polar surface area (TPSA) is 0 Å². The molecule has 0 bridgehead atoms. The molecule has 3 rings (SSSR count). The van der Waals surface area contributed by atoms with Gasteiger partial charge in [-0.1, -0.05) is 0 Å². The van der Waals surface area contributed by atoms with E-state index in [1.54, 1.807) is 0 Å². The Balaban J connectivity index is -0.000000598. The third-order valence-electron chi connectivity index (χ3n) is 3.16. The van der Waals surface area contributed by atoms with Crippen molar-refractivity contribution in [2.24, 2.45) is 0 Å². The molecule has 3 aromatic carbocycles. The molecular weight excluding hydrogens is 740 g/mol. The smallest absolute Gasteiger partial charge is 1.00 e. The van der Waals surface area contributed by atoms with Crippen LogP contribution in [0.2, 0.25) is 0 Å². The first-order valence-corrected chi connectivity index (χ1v) is 12.5. The predicted octanol–water partition coefficient (Wildman–Crippen LogP) is 7.96. The SMILES string of the molecule is FC(F)(Br)Br.Fc1ccc(S)c(F)c1.Fc1ccc(SC(F)(F)Sc2ccc(F)cc2F)c(F)c1.[2H]CF.[H-].[Na+]. The van der Waals surface area contributed by atoms with Gasteiger partial charge in [0.25, 0.3) is 0 Å². The summed E-state index contributed by atoms with van der Waals surface area (Å²) in [5, 5.41) is 0. The summed E-state index contributed by atoms with van der Waals surface area (Å²) in [6.45, 7) is 0. The monoisotopic (exact) mass is 753 g/mol. The summed E-state index contributed by atoms with van der Waals surface area (Å²) in [5.74, 6) is -5.27. The van der Waals surface area contributed by atoms with Crippen molar-refractivity contribution >= 4 is 68.0 Å². The molecule has 17 heteroatoms. The largest absolute Gasteiger partial charge is 1.00 e. The first-order valence-electron chi connectivity index (χ1n) is 9.50. The summed E-state index contributed by atoms with van der Waals surface area (Å²) in [7, 11) is -1.00. The number of rotatable bonds is 4. The molecule has 0 amide bonds. The van der Waals surface area contributed by atoms with E-state index in [2.05, 4.69) is 12.6 Å². The quantitative estimate of drug-likeness (QED) is 0.0718. The Morgan fingerprint density at radius 2 is 1.00 bits per heavy atom. The van der Waals surface area contributed by atoms with Crippen LogP contribution in [0, 0.1) is 34.9 Å². The second-order valence-electron chi connectivity index (χ2n) is 5.84. The van der Waals surface area contributed by atoms with Crippen LogP contribution in [0.3, 0.4) is 0 Å². The molecule has 0 saturated carbocycles. The van der Waals surface area contributed by atoms with Crippen molar-refractivity contribution in [1.29, 1.82) is 0 Å². The Bertz CT molecular complexity index is 1100. The molecule has 0 heterocycles. The summed E-state index contributed by atoms with van der Waals surface area (Å²) in [4.78, 5) is -0.788. The number of hydrogen-bond donors (Lipinski definition) is 1. The Labute approximate surface area is 266 Å². The number of halogens is 13. The van der Waals surface area contributed by atoms with E-state index in [0.717, 1.165) is 36.4 Å². The zero-order valence-corrected chi connectivity index (χ0v) is 26.3. The van der Waals surface area contributed by atoms with Gasteiger partial charge in [0.15, 0.2) is 0 Å². The molecule has 0 fully saturated rings. The molecule has 0 unspecified atom stereocenters. The van der Waals surface area contributed by atoms with E-state index in [0.29, 0.717) is 12.1 Å². The van der Waals surface area contributed by atoms with Gasteiger partial charge in [-0.15, -0.1) is 12.6 Å². The fourth-order valence-corrected chi connectivity index (χ4v) is 3.82. The van der Waals surface area contributed by atoms with Gasteiger partial charge in [0.1, 0.15) is 34.9 Å². The van der Waals surface area contributed by atoms with Gasteiger partial charge >= 0.3 is 37.9 Å². The number of thioether (sulfide) groups is 2. The van der Waals surface area contributed by atoms with Crippen molar-refractivity contribution in [3.05, 3.63) is 89.5 Å². The molecule has 0 atom stereocenters. The van der Waals surface area contributed by atoms with E-state index >= 15 is 0 Å². The second-order valence-corrected chi connectivity index (χ2v) is 12.0. The van der Waals surface area contributed by atoms with E-state index in [1.807, 2.05) is 31.9 Å². The van der Waals surface area contributed by atoms with Crippen LogP contribution in [0.1, 0.15) is 2.80 Å². The van der Waals surface area contributed by atoms with E-state index in [9.17, 15) is 48.3 Å². The van der Waals surface area contributed by atoms with Crippen molar-refractivity contribution in [3.8, 4) is 0 Å². The molecule has 0 N–H and O–H groups in total. The first-order chi connectivity index (χ1) is 17.4. The third-order valence-corrected chi connectivity index (χ3v) is 5.60. The van der Waals surface area contributed by atoms with Crippen LogP contribution in [0.5, 0.6) is 0 Å². The minimum atomic E-state index is -3.61. The summed E-state index contributed by atoms with van der Waals surface area (Å²) in [6.07, 6.45) is 0. The zero-order valence-electron chi connectivity index (χ0n) is 20.6. The molecule has 3 aromatic rings. The Kier molecular flexibility index (Phi) is 19.0. The Hall–Kier alpha value is -0.100. The van der Waals surface area contributed by atoms with Crippen LogP contribution in [-0.2, 0) is 0 Å². The minimum absolute atomic E-state index is 0. The van der Waals surface area contributed by atoms with Crippen LogP contribution in [-0.4, -0.2) is 15.5 Å². The van der Waals surface area contributed by atoms with Crippen LogP contribution in [0.25, 0.3) is 0 Å². The van der Waals surface area contributed by atoms with Gasteiger partial charge in [-0.05, 0) is 59.9 Å². The van der Waals surface area contributed by atoms with Gasteiger partial charge in [0.2, 0.25) is 0 Å². The van der Waals surface area contributed by atoms with Gasteiger partial charge in [-0.2, -0.15) is 17.6 Å². The maximum Gasteiger partial charge on any atom is 1.00 e. The molecule has 0 aliphatic rings. The zero-order chi connectivity index (χ0) is 29.7. The summed E-state index contributed by atoms with van der Waals surface area (Å²) >= 11 is 7.25. The van der Waals surface area contributed by atoms with Gasteiger partial charge in [-0.25, -0.2) is 26.3 Å². The van der Waals surface area contributed by atoms with Crippen LogP contribution in [0.15, 0.2) is 69.3 Å². The van der Waals surface area contributed by atoms with Gasteiger partial charge < -0.3 is 1.43 Å². The molecule has 0 radical (unpaired) electrons. The third kappa shape index (κ3) is 18.3. The fourth-order valence-electron chi connectivity index (χ4n) is 1.87. The van der Waals surface area contributed by atoms with Crippen molar-refractivity contribution < 1.29 is 80.6 Å². The molecule has 0 aliphatic carbocycles. The fraction of sp³-hybridized carbons (Fsp3) is 0.143. The molecular formula is C21H14Br2F11NaS3. The van der Waals surface area contributed by atoms with Crippen molar-refractivity contribution in [2.75, 3.05) is 7.15 Å². The normalized spacial score (nSPS) is 10.8. The first kappa shape index (κ1) is 37.9. The van der Waals surface area contributed by atoms with Crippen molar-refractivity contribution in [3.63, 3.8) is 0 Å². The molecule has 0 spiro atoms. The summed E-state index contributed by atoms with van der Waals surface area (Å²) in [6, 6.07) is 7.58. The Morgan fingerprint density at radius 1 is 0.711 bits per heavy atom. The van der Waals surface area contributed by atoms with E-state index in [4.69, 9.17) is 1.37 Å². The average Bonchev–Trinajstić information content (AvgIpc) is 2.75. The number of alkyl halides is 7. The molecule has 0 aromatic heterocycles. The standard InChI is InChI=1S/C13H6F6S2.C6H4F2S.CBr2F2.CH3F.Na.H/c14-7-1-3-11(9(16)5-7)20-13(18,19)21-12-4-2-8(15)6-10(12)17;7-4-1-2-6(9)5(8)3-4;2-1(3,4)5;1-2;;/h1-6H;1-3,9H;;1H3;;/q;;;;+1;-1/i;;;1D;;. The van der Waals surface area contributed by atoms with Crippen LogP contribution in [0.4, 0.5) is 48.3 Å². The van der Waals surface area contributed by atoms with Crippen molar-refractivity contribution in [1.82, 2.24) is 0 Å². The van der Waals surface area contributed by atoms with Gasteiger partial charge in [0.05, 0.1) is 8.52 Å². The summed E-state index contributed by atoms with van der Waals surface area (Å²) in [5.41, 5.74) is 0. The van der Waals surface area contributed by atoms with Gasteiger partial charge in [0, 0.05) is 64.7 Å². The molecule has 208 valence electrons. The predicted molar refractivity (Wildman–Crippen MR) is 134 cm³/mol. The van der Waals surface area contributed by atoms with Gasteiger partial charge in [-0.3, -0.25) is 4.39 Å². The van der Waals surface area contributed by atoms with E-state index < -0.39 is 60.2 Å².